The number of amides is 2. The number of nitrogens with zero attached hydrogens (tertiary/aromatic N) is 18. The summed E-state index contributed by atoms with van der Waals surface area (Å²) in [5.74, 6) is 2.51. The topological polar surface area (TPSA) is 551 Å². The smallest absolute Gasteiger partial charge is 0.349 e. The second kappa shape index (κ2) is 43.7. The van der Waals surface area contributed by atoms with Gasteiger partial charge in [-0.15, -0.1) is 0 Å². The summed E-state index contributed by atoms with van der Waals surface area (Å²) in [6, 6.07) is 5.33. The molecule has 11 aromatic rings. The fourth-order valence-corrected chi connectivity index (χ4v) is 11.4. The summed E-state index contributed by atoms with van der Waals surface area (Å²) in [5, 5.41) is 3.26. The highest BCUT2D eigenvalue weighted by atomic mass is 16.2. The van der Waals surface area contributed by atoms with Gasteiger partial charge >= 0.3 is 28.8 Å². The van der Waals surface area contributed by atoms with E-state index in [0.717, 1.165) is 28.1 Å². The van der Waals surface area contributed by atoms with E-state index in [9.17, 15) is 43.2 Å². The zero-order chi connectivity index (χ0) is 92.4. The van der Waals surface area contributed by atoms with Crippen LogP contribution in [0.5, 0.6) is 0 Å². The van der Waals surface area contributed by atoms with E-state index in [0.29, 0.717) is 62.3 Å². The molecule has 0 saturated heterocycles. The number of nitrogens with one attached hydrogen (secondary N) is 5. The average molecular weight is 1760 g/mol. The van der Waals surface area contributed by atoms with Crippen molar-refractivity contribution < 1.29 is 4.79 Å². The zero-order valence-electron chi connectivity index (χ0n) is 76.0. The summed E-state index contributed by atoms with van der Waals surface area (Å²) in [7, 11) is 0. The number of pyridine rings is 1. The molecule has 0 saturated carbocycles. The third kappa shape index (κ3) is 30.3. The van der Waals surface area contributed by atoms with Crippen molar-refractivity contribution in [3.63, 3.8) is 0 Å². The van der Waals surface area contributed by atoms with Crippen LogP contribution < -0.4 is 84.7 Å². The third-order valence-corrected chi connectivity index (χ3v) is 18.0. The summed E-state index contributed by atoms with van der Waals surface area (Å²) in [6.45, 7) is 60.8. The second-order valence-electron chi connectivity index (χ2n) is 37.4. The van der Waals surface area contributed by atoms with Crippen LogP contribution in [0.25, 0.3) is 33.4 Å². The number of aromatic amines is 4. The van der Waals surface area contributed by atoms with E-state index >= 15 is 0 Å². The SMILES string of the molecule is C.C.C.C.C.CC(C)(C)N1C=CC(N)NC1=O.CC(C)(C)n1ccc(N)nc1=O.CC(C)(C)n1cnc2c(N)ccnc21.CC(C)n1cnc2c(N)nc(N)nc21.Cc1cn(C(C)(C)C)c(=O)[nH]c1=O.Cc1cn(C(C)(C)C)c(=O)[nH]c1=O.Cc1cn(C(C)(C)C)c(=O)nc1N.Cc1nc2c(c(=O)[nH]1)N=CC2C(C)(C)C.Cc1nc2c(ccn2C(C)(C)C)c(=O)[nH]1. The molecule has 2 aliphatic heterocycles. The molecule has 2 atom stereocenters. The van der Waals surface area contributed by atoms with Gasteiger partial charge in [0.25, 0.3) is 22.2 Å². The number of hydrogen-bond acceptors (Lipinski definition) is 25. The number of nitrogen functional groups attached to an aromatic ring is 5. The van der Waals surface area contributed by atoms with Gasteiger partial charge in [0.15, 0.2) is 17.1 Å². The lowest BCUT2D eigenvalue weighted by molar-refractivity contribution is 0.172. The molecule has 38 heteroatoms. The summed E-state index contributed by atoms with van der Waals surface area (Å²) in [5.41, 5.74) is 37.4. The molecular weight excluding hydrogens is 1610 g/mol. The lowest BCUT2D eigenvalue weighted by Gasteiger charge is -2.36. The van der Waals surface area contributed by atoms with Crippen molar-refractivity contribution in [2.24, 2.45) is 16.1 Å². The molecule has 2 unspecified atom stereocenters. The molecule has 13 heterocycles. The Morgan fingerprint density at radius 3 is 1.35 bits per heavy atom. The maximum Gasteiger partial charge on any atom is 0.349 e. The van der Waals surface area contributed by atoms with Gasteiger partial charge in [-0.1, -0.05) is 57.9 Å². The maximum atomic E-state index is 11.6. The highest BCUT2D eigenvalue weighted by molar-refractivity contribution is 5.84. The van der Waals surface area contributed by atoms with Gasteiger partial charge < -0.3 is 63.4 Å². The molecule has 0 aliphatic carbocycles. The molecule has 0 fully saturated rings. The Balaban J connectivity index is 0.00000139. The van der Waals surface area contributed by atoms with Gasteiger partial charge in [-0.05, 0) is 224 Å². The van der Waals surface area contributed by atoms with Crippen LogP contribution in [-0.2, 0) is 33.2 Å². The van der Waals surface area contributed by atoms with Gasteiger partial charge in [0.05, 0.1) is 35.6 Å². The van der Waals surface area contributed by atoms with Gasteiger partial charge in [0.2, 0.25) is 5.95 Å². The average Bonchev–Trinajstić information content (AvgIpc) is 1.57. The van der Waals surface area contributed by atoms with E-state index in [1.807, 2.05) is 157 Å². The first-order chi connectivity index (χ1) is 55.2. The first-order valence-corrected chi connectivity index (χ1v) is 39.2. The number of anilines is 5. The van der Waals surface area contributed by atoms with Crippen LogP contribution in [-0.4, -0.2) is 126 Å². The highest BCUT2D eigenvalue weighted by Gasteiger charge is 2.34. The molecule has 38 nitrogen and oxygen atoms in total. The van der Waals surface area contributed by atoms with Gasteiger partial charge in [-0.25, -0.2) is 48.9 Å². The van der Waals surface area contributed by atoms with E-state index in [4.69, 9.17) is 34.4 Å². The van der Waals surface area contributed by atoms with Crippen molar-refractivity contribution in [3.05, 3.63) is 198 Å². The Hall–Kier alpha value is -12.8. The number of nitrogens with two attached hydrogens (primary N) is 6. The van der Waals surface area contributed by atoms with Crippen molar-refractivity contribution in [1.29, 1.82) is 0 Å². The fraction of sp³-hybridized carbons (Fsp3) is 0.534. The number of aromatic nitrogens is 20. The third-order valence-electron chi connectivity index (χ3n) is 18.0. The molecule has 13 rings (SSSR count). The summed E-state index contributed by atoms with van der Waals surface area (Å²) < 4.78 is 12.1. The molecule has 2 aliphatic rings. The Kier molecular flexibility index (Phi) is 39.3. The number of carbonyl (C=O) groups is 1. The number of aryl methyl sites for hydroxylation is 5. The fourth-order valence-electron chi connectivity index (χ4n) is 11.4. The summed E-state index contributed by atoms with van der Waals surface area (Å²) >= 11 is 0. The van der Waals surface area contributed by atoms with Crippen LogP contribution in [0.4, 0.5) is 39.6 Å². The van der Waals surface area contributed by atoms with Crippen molar-refractivity contribution in [2.75, 3.05) is 28.7 Å². The monoisotopic (exact) mass is 1750 g/mol. The predicted molar refractivity (Wildman–Crippen MR) is 515 cm³/mol. The van der Waals surface area contributed by atoms with Crippen molar-refractivity contribution >= 4 is 80.4 Å². The molecule has 0 spiro atoms. The number of rotatable bonds is 1. The van der Waals surface area contributed by atoms with E-state index in [-0.39, 0.29) is 162 Å². The van der Waals surface area contributed by atoms with Crippen molar-refractivity contribution in [1.82, 2.24) is 107 Å². The lowest BCUT2D eigenvalue weighted by atomic mass is 9.80. The number of carbonyl (C=O) groups excluding carboxylic acids is 1. The maximum absolute atomic E-state index is 11.6. The largest absolute Gasteiger partial charge is 0.397 e. The standard InChI is InChI=1S/2C11H15N3O.C10H14N4.C9H15N3O.2C9H14N2O2.C8H12N6.C8H15N3O.C8H13N3O.5CH4/c1-7-12-9-8(10(15)13-7)5-6-14(9)11(2,3)4;1-6-13-8-7(11(2,3)4)5-12-9(8)10(15)14-6;1-10(2,3)14-6-13-8-7(11)4-5-12-9(8)14;1-6-5-12(9(2,3)4)8(13)11-7(6)10;2*1-6-5-11(9(2,3)4)8(13)10-7(6)12;1-4(2)14-3-11-5-6(9)12-8(10)13-7(5)14;2*1-8(2,3)11-5-4-6(9)10-7(11)12;;;;;/h5-6H,1-4H3,(H,12,13,15);5,7H,1-4H3,(H,13,14,15);4-6H,1-3H3,(H2,11,12);5H,1-4H3,(H2,10,11,13);2*5H,1-4H3,(H,10,12,13);3-4H,1-2H3,(H4,9,10,12,13);4-6H,9H2,1-3H3,(H,10,12);4-5H,1-3H3,(H2,9,10,12);5*1H4. The van der Waals surface area contributed by atoms with Gasteiger partial charge in [0, 0.05) is 117 Å². The molecule has 2 amide bonds. The normalized spacial score (nSPS) is 13.4. The highest BCUT2D eigenvalue weighted by Crippen LogP contribution is 2.39. The summed E-state index contributed by atoms with van der Waals surface area (Å²) in [6.07, 6.45) is 18.6. The van der Waals surface area contributed by atoms with E-state index in [1.54, 1.807) is 110 Å². The van der Waals surface area contributed by atoms with Crippen LogP contribution in [0.1, 0.15) is 263 Å². The number of fused-ring (bicyclic) bond motifs is 4. The molecule has 698 valence electrons. The van der Waals surface area contributed by atoms with E-state index in [2.05, 4.69) is 137 Å². The first kappa shape index (κ1) is 113. The lowest BCUT2D eigenvalue weighted by Crippen LogP contribution is -2.54. The van der Waals surface area contributed by atoms with Gasteiger partial charge in [-0.3, -0.25) is 57.3 Å². The minimum atomic E-state index is -0.358. The van der Waals surface area contributed by atoms with E-state index < -0.39 is 0 Å². The number of imidazole rings is 2. The molecule has 11 aromatic heterocycles. The second-order valence-corrected chi connectivity index (χ2v) is 37.4. The number of hydrogen-bond donors (Lipinski definition) is 11. The molecule has 0 radical (unpaired) electrons. The van der Waals surface area contributed by atoms with Crippen LogP contribution in [0.15, 0.2) is 124 Å². The number of aliphatic imine (C=N–C) groups is 1. The Morgan fingerprint density at radius 2 is 0.889 bits per heavy atom. The quantitative estimate of drug-likeness (QED) is 0.0727. The molecule has 126 heavy (non-hydrogen) atoms. The van der Waals surface area contributed by atoms with Gasteiger partial charge in [-0.2, -0.15) is 19.9 Å². The summed E-state index contributed by atoms with van der Waals surface area (Å²) in [4.78, 5) is 154. The van der Waals surface area contributed by atoms with Crippen LogP contribution >= 0.6 is 0 Å². The van der Waals surface area contributed by atoms with Crippen LogP contribution in [0.3, 0.4) is 0 Å². The molecule has 0 aromatic carbocycles. The van der Waals surface area contributed by atoms with Crippen molar-refractivity contribution in [2.45, 2.75) is 309 Å². The predicted octanol–water partition coefficient (Wildman–Crippen LogP) is 12.5. The molecule has 17 N–H and O–H groups in total. The van der Waals surface area contributed by atoms with Gasteiger partial charge in [0.1, 0.15) is 45.7 Å². The zero-order valence-corrected chi connectivity index (χ0v) is 76.0. The molecule has 0 bridgehead atoms. The van der Waals surface area contributed by atoms with Crippen LogP contribution in [0, 0.1) is 40.0 Å². The van der Waals surface area contributed by atoms with Crippen LogP contribution in [0.2, 0.25) is 0 Å². The number of H-pyrrole nitrogens is 4. The molecular formula is C88H147N29O9. The minimum Gasteiger partial charge on any atom is -0.397 e. The van der Waals surface area contributed by atoms with E-state index in [1.165, 1.54) is 9.13 Å². The Bertz CT molecular complexity index is 5980. The Labute approximate surface area is 739 Å². The minimum absolute atomic E-state index is 0. The number of urea groups is 1. The Morgan fingerprint density at radius 1 is 0.429 bits per heavy atom. The van der Waals surface area contributed by atoms with Crippen molar-refractivity contribution in [3.8, 4) is 0 Å². The first-order valence-electron chi connectivity index (χ1n) is 39.2.